The van der Waals surface area contributed by atoms with Crippen molar-refractivity contribution in [1.29, 1.82) is 0 Å². The van der Waals surface area contributed by atoms with Crippen LogP contribution < -0.4 is 23.7 Å². The molecule has 0 aliphatic carbocycles. The van der Waals surface area contributed by atoms with Crippen LogP contribution in [0.15, 0.2) is 30.3 Å². The first-order chi connectivity index (χ1) is 15.0. The van der Waals surface area contributed by atoms with Crippen LogP contribution in [0.25, 0.3) is 0 Å². The first-order valence-electron chi connectivity index (χ1n) is 10.00. The molecule has 1 aliphatic rings. The lowest BCUT2D eigenvalue weighted by atomic mass is 9.93. The molecule has 1 N–H and O–H groups in total. The van der Waals surface area contributed by atoms with E-state index in [9.17, 15) is 9.90 Å². The number of methoxy groups -OCH3 is 5. The Morgan fingerprint density at radius 2 is 1.45 bits per heavy atom. The monoisotopic (exact) mass is 431 g/mol. The molecule has 2 unspecified atom stereocenters. The lowest BCUT2D eigenvalue weighted by Crippen LogP contribution is -2.39. The third-order valence-corrected chi connectivity index (χ3v) is 5.68. The van der Waals surface area contributed by atoms with Crippen molar-refractivity contribution in [2.45, 2.75) is 24.9 Å². The van der Waals surface area contributed by atoms with Crippen LogP contribution in [0.1, 0.15) is 30.0 Å². The van der Waals surface area contributed by atoms with E-state index in [0.29, 0.717) is 41.7 Å². The number of ether oxygens (including phenoxy) is 5. The summed E-state index contributed by atoms with van der Waals surface area (Å²) in [7, 11) is 7.85. The van der Waals surface area contributed by atoms with Crippen LogP contribution in [0.4, 0.5) is 0 Å². The quantitative estimate of drug-likeness (QED) is 0.647. The van der Waals surface area contributed by atoms with E-state index in [-0.39, 0.29) is 0 Å². The Bertz CT molecular complexity index is 908. The summed E-state index contributed by atoms with van der Waals surface area (Å²) in [5.41, 5.74) is 1.46. The Kier molecular flexibility index (Phi) is 7.12. The predicted octanol–water partition coefficient (Wildman–Crippen LogP) is 3.37. The van der Waals surface area contributed by atoms with Gasteiger partial charge in [0.15, 0.2) is 11.5 Å². The van der Waals surface area contributed by atoms with Gasteiger partial charge in [-0.05, 0) is 31.0 Å². The summed E-state index contributed by atoms with van der Waals surface area (Å²) >= 11 is 0. The Labute approximate surface area is 182 Å². The van der Waals surface area contributed by atoms with E-state index in [0.717, 1.165) is 17.5 Å². The van der Waals surface area contributed by atoms with E-state index in [1.165, 1.54) is 0 Å². The van der Waals surface area contributed by atoms with Crippen LogP contribution in [0.3, 0.4) is 0 Å². The summed E-state index contributed by atoms with van der Waals surface area (Å²) < 4.78 is 28.0. The molecule has 0 bridgehead atoms. The lowest BCUT2D eigenvalue weighted by Gasteiger charge is -2.34. The van der Waals surface area contributed by atoms with Gasteiger partial charge in [0.2, 0.25) is 0 Å². The normalized spacial score (nSPS) is 17.1. The topological polar surface area (TPSA) is 86.7 Å². The summed E-state index contributed by atoms with van der Waals surface area (Å²) in [5, 5.41) is 9.91. The van der Waals surface area contributed by atoms with Gasteiger partial charge in [-0.1, -0.05) is 6.07 Å². The van der Waals surface area contributed by atoms with Crippen molar-refractivity contribution in [3.63, 3.8) is 0 Å². The molecule has 0 spiro atoms. The van der Waals surface area contributed by atoms with Gasteiger partial charge in [0, 0.05) is 18.2 Å². The van der Waals surface area contributed by atoms with Crippen LogP contribution in [-0.4, -0.2) is 64.1 Å². The van der Waals surface area contributed by atoms with E-state index in [1.807, 2.05) is 29.2 Å². The van der Waals surface area contributed by atoms with Crippen LogP contribution in [0.5, 0.6) is 28.7 Å². The van der Waals surface area contributed by atoms with Gasteiger partial charge in [0.05, 0.1) is 47.2 Å². The van der Waals surface area contributed by atoms with Crippen molar-refractivity contribution in [3.05, 3.63) is 41.5 Å². The fourth-order valence-electron chi connectivity index (χ4n) is 4.28. The maximum atomic E-state index is 12.1. The summed E-state index contributed by atoms with van der Waals surface area (Å²) in [6.07, 6.45) is 1.32. The zero-order valence-corrected chi connectivity index (χ0v) is 18.5. The van der Waals surface area contributed by atoms with Gasteiger partial charge in [-0.3, -0.25) is 9.69 Å². The van der Waals surface area contributed by atoms with E-state index in [2.05, 4.69) is 0 Å². The van der Waals surface area contributed by atoms with Crippen LogP contribution in [0.2, 0.25) is 0 Å². The number of hydrogen-bond acceptors (Lipinski definition) is 7. The molecule has 2 aromatic carbocycles. The average Bonchev–Trinajstić information content (AvgIpc) is 3.28. The molecular weight excluding hydrogens is 402 g/mol. The third-order valence-electron chi connectivity index (χ3n) is 5.68. The highest BCUT2D eigenvalue weighted by atomic mass is 16.5. The van der Waals surface area contributed by atoms with Gasteiger partial charge in [0.1, 0.15) is 23.3 Å². The second kappa shape index (κ2) is 9.78. The minimum atomic E-state index is -0.865. The molecule has 2 aromatic rings. The van der Waals surface area contributed by atoms with Crippen molar-refractivity contribution >= 4 is 5.97 Å². The predicted molar refractivity (Wildman–Crippen MR) is 115 cm³/mol. The number of carboxylic acid groups (broad SMARTS) is 1. The van der Waals surface area contributed by atoms with Gasteiger partial charge in [-0.2, -0.15) is 0 Å². The third kappa shape index (κ3) is 4.20. The first-order valence-corrected chi connectivity index (χ1v) is 10.00. The fraction of sp³-hybridized carbons (Fsp3) is 0.435. The molecule has 3 rings (SSSR count). The smallest absolute Gasteiger partial charge is 0.320 e. The number of likely N-dealkylation sites (tertiary alicyclic amines) is 1. The minimum Gasteiger partial charge on any atom is -0.496 e. The van der Waals surface area contributed by atoms with E-state index < -0.39 is 18.1 Å². The van der Waals surface area contributed by atoms with Crippen molar-refractivity contribution in [2.24, 2.45) is 0 Å². The zero-order chi connectivity index (χ0) is 22.5. The van der Waals surface area contributed by atoms with Crippen molar-refractivity contribution in [3.8, 4) is 28.7 Å². The van der Waals surface area contributed by atoms with Gasteiger partial charge >= 0.3 is 5.97 Å². The molecule has 0 saturated carbocycles. The number of hydrogen-bond donors (Lipinski definition) is 1. The molecule has 8 nitrogen and oxygen atoms in total. The van der Waals surface area contributed by atoms with Crippen molar-refractivity contribution < 1.29 is 33.6 Å². The Morgan fingerprint density at radius 3 is 1.97 bits per heavy atom. The second-order valence-corrected chi connectivity index (χ2v) is 7.16. The number of carboxylic acids is 1. The number of benzene rings is 2. The van der Waals surface area contributed by atoms with Crippen molar-refractivity contribution in [2.75, 3.05) is 42.1 Å². The molecule has 2 atom stereocenters. The number of carbonyl (C=O) groups is 1. The van der Waals surface area contributed by atoms with Gasteiger partial charge < -0.3 is 28.8 Å². The summed E-state index contributed by atoms with van der Waals surface area (Å²) in [6.45, 7) is 0.598. The van der Waals surface area contributed by atoms with Crippen LogP contribution in [0, 0.1) is 0 Å². The van der Waals surface area contributed by atoms with Gasteiger partial charge in [-0.25, -0.2) is 0 Å². The maximum Gasteiger partial charge on any atom is 0.320 e. The standard InChI is InChI=1S/C23H29NO7/c1-27-16-9-6-10-17(28-2)21(16)22(24-11-7-8-15(24)23(25)26)14-12-19(30-4)20(31-5)13-18(14)29-3/h6,9-10,12-13,15,22H,7-8,11H2,1-5H3,(H,25,26). The fourth-order valence-corrected chi connectivity index (χ4v) is 4.28. The molecular formula is C23H29NO7. The Morgan fingerprint density at radius 1 is 0.903 bits per heavy atom. The Hall–Kier alpha value is -3.13. The average molecular weight is 431 g/mol. The number of nitrogens with zero attached hydrogens (tertiary/aromatic N) is 1. The molecule has 168 valence electrons. The number of aliphatic carboxylic acids is 1. The molecule has 1 heterocycles. The lowest BCUT2D eigenvalue weighted by molar-refractivity contribution is -0.142. The largest absolute Gasteiger partial charge is 0.496 e. The van der Waals surface area contributed by atoms with Crippen LogP contribution >= 0.6 is 0 Å². The van der Waals surface area contributed by atoms with Gasteiger partial charge in [0.25, 0.3) is 0 Å². The first kappa shape index (κ1) is 22.6. The highest BCUT2D eigenvalue weighted by Gasteiger charge is 2.40. The molecule has 0 aromatic heterocycles. The second-order valence-electron chi connectivity index (χ2n) is 7.16. The maximum absolute atomic E-state index is 12.1. The SMILES string of the molecule is COc1cc(OC)c(C(c2c(OC)cccc2OC)N2CCCC2C(=O)O)cc1OC. The Balaban J connectivity index is 2.33. The molecule has 31 heavy (non-hydrogen) atoms. The molecule has 1 aliphatic heterocycles. The molecule has 0 radical (unpaired) electrons. The molecule has 1 fully saturated rings. The summed E-state index contributed by atoms with van der Waals surface area (Å²) in [6, 6.07) is 7.92. The highest BCUT2D eigenvalue weighted by molar-refractivity contribution is 5.74. The van der Waals surface area contributed by atoms with E-state index in [1.54, 1.807) is 41.6 Å². The van der Waals surface area contributed by atoms with E-state index in [4.69, 9.17) is 23.7 Å². The minimum absolute atomic E-state index is 0.510. The molecule has 0 amide bonds. The summed E-state index contributed by atoms with van der Waals surface area (Å²) in [4.78, 5) is 14.0. The number of rotatable bonds is 9. The molecule has 8 heteroatoms. The zero-order valence-electron chi connectivity index (χ0n) is 18.5. The molecule has 1 saturated heterocycles. The van der Waals surface area contributed by atoms with E-state index >= 15 is 0 Å². The van der Waals surface area contributed by atoms with Crippen LogP contribution in [-0.2, 0) is 4.79 Å². The van der Waals surface area contributed by atoms with Gasteiger partial charge in [-0.15, -0.1) is 0 Å². The van der Waals surface area contributed by atoms with Crippen molar-refractivity contribution in [1.82, 2.24) is 4.90 Å². The summed E-state index contributed by atoms with van der Waals surface area (Å²) in [5.74, 6) is 1.91. The highest BCUT2D eigenvalue weighted by Crippen LogP contribution is 2.48.